The zero-order valence-electron chi connectivity index (χ0n) is 12.6. The van der Waals surface area contributed by atoms with E-state index < -0.39 is 5.97 Å². The van der Waals surface area contributed by atoms with Gasteiger partial charge in [0.1, 0.15) is 0 Å². The van der Waals surface area contributed by atoms with Crippen LogP contribution in [0.3, 0.4) is 0 Å². The number of aryl methyl sites for hydroxylation is 1. The summed E-state index contributed by atoms with van der Waals surface area (Å²) in [6, 6.07) is 19.4. The molecular formula is C20H16CrO2. The van der Waals surface area contributed by atoms with Crippen molar-refractivity contribution in [1.82, 2.24) is 0 Å². The number of hydrogen-bond donors (Lipinski definition) is 1. The fourth-order valence-corrected chi connectivity index (χ4v) is 3.44. The topological polar surface area (TPSA) is 37.3 Å². The molecule has 0 spiro atoms. The van der Waals surface area contributed by atoms with E-state index in [1.54, 1.807) is 0 Å². The number of carboxylic acids is 1. The molecule has 2 nitrogen and oxygen atoms in total. The van der Waals surface area contributed by atoms with Crippen LogP contribution in [0.5, 0.6) is 0 Å². The summed E-state index contributed by atoms with van der Waals surface area (Å²) in [5.41, 5.74) is 1.24. The molecule has 4 aromatic rings. The van der Waals surface area contributed by atoms with Gasteiger partial charge in [-0.05, 0) is 50.7 Å². The average Bonchev–Trinajstić information content (AvgIpc) is 2.53. The molecule has 23 heavy (non-hydrogen) atoms. The molecule has 3 heteroatoms. The second-order valence-corrected chi connectivity index (χ2v) is 5.83. The predicted molar refractivity (Wildman–Crippen MR) is 90.7 cm³/mol. The first-order valence-corrected chi connectivity index (χ1v) is 7.61. The molecule has 0 aliphatic heterocycles. The Morgan fingerprint density at radius 2 is 1.43 bits per heavy atom. The second-order valence-electron chi connectivity index (χ2n) is 5.83. The van der Waals surface area contributed by atoms with Crippen LogP contribution in [0.25, 0.3) is 32.3 Å². The Bertz CT molecular complexity index is 975. The maximum absolute atomic E-state index is 10.7. The number of carboxylic acid groups (broad SMARTS) is 1. The molecule has 0 saturated heterocycles. The third kappa shape index (κ3) is 2.67. The van der Waals surface area contributed by atoms with Gasteiger partial charge in [-0.1, -0.05) is 54.6 Å². The minimum absolute atomic E-state index is 0. The number of rotatable bonds is 4. The molecule has 0 aliphatic carbocycles. The van der Waals surface area contributed by atoms with Gasteiger partial charge in [0.05, 0.1) is 0 Å². The van der Waals surface area contributed by atoms with Crippen molar-refractivity contribution in [1.29, 1.82) is 0 Å². The molecule has 0 amide bonds. The number of aliphatic carboxylic acids is 1. The molecule has 0 aromatic heterocycles. The van der Waals surface area contributed by atoms with E-state index in [9.17, 15) is 4.79 Å². The van der Waals surface area contributed by atoms with Gasteiger partial charge in [-0.15, -0.1) is 0 Å². The Morgan fingerprint density at radius 1 is 0.826 bits per heavy atom. The Morgan fingerprint density at radius 3 is 2.13 bits per heavy atom. The first kappa shape index (κ1) is 15.8. The van der Waals surface area contributed by atoms with Crippen LogP contribution in [0.1, 0.15) is 18.4 Å². The zero-order chi connectivity index (χ0) is 15.1. The van der Waals surface area contributed by atoms with Crippen molar-refractivity contribution in [3.8, 4) is 0 Å². The largest absolute Gasteiger partial charge is 0.481 e. The normalized spacial score (nSPS) is 11.1. The zero-order valence-corrected chi connectivity index (χ0v) is 13.9. The monoisotopic (exact) mass is 340 g/mol. The molecule has 0 radical (unpaired) electrons. The minimum Gasteiger partial charge on any atom is -0.481 e. The fourth-order valence-electron chi connectivity index (χ4n) is 3.44. The van der Waals surface area contributed by atoms with Gasteiger partial charge < -0.3 is 5.11 Å². The number of benzene rings is 4. The van der Waals surface area contributed by atoms with Crippen molar-refractivity contribution in [3.05, 3.63) is 60.2 Å². The van der Waals surface area contributed by atoms with Crippen LogP contribution < -0.4 is 0 Å². The molecule has 0 fully saturated rings. The van der Waals surface area contributed by atoms with Gasteiger partial charge in [-0.2, -0.15) is 0 Å². The molecule has 0 unspecified atom stereocenters. The van der Waals surface area contributed by atoms with E-state index in [1.807, 2.05) is 0 Å². The van der Waals surface area contributed by atoms with E-state index in [0.29, 0.717) is 6.42 Å². The molecule has 114 valence electrons. The summed E-state index contributed by atoms with van der Waals surface area (Å²) in [5.74, 6) is -0.724. The smallest absolute Gasteiger partial charge is 0.303 e. The van der Waals surface area contributed by atoms with E-state index >= 15 is 0 Å². The van der Waals surface area contributed by atoms with Crippen molar-refractivity contribution in [3.63, 3.8) is 0 Å². The van der Waals surface area contributed by atoms with Gasteiger partial charge in [0.2, 0.25) is 0 Å². The summed E-state index contributed by atoms with van der Waals surface area (Å²) in [4.78, 5) is 10.7. The van der Waals surface area contributed by atoms with Crippen molar-refractivity contribution < 1.29 is 27.3 Å². The van der Waals surface area contributed by atoms with E-state index in [4.69, 9.17) is 5.11 Å². The van der Waals surface area contributed by atoms with Crippen molar-refractivity contribution in [2.45, 2.75) is 19.3 Å². The Labute approximate surface area is 145 Å². The van der Waals surface area contributed by atoms with Crippen LogP contribution >= 0.6 is 0 Å². The van der Waals surface area contributed by atoms with E-state index in [1.165, 1.54) is 37.9 Å². The standard InChI is InChI=1S/C20H16O2.Cr/c21-18(22)6-2-3-13-7-8-16-10-9-14-4-1-5-15-11-12-17(13)20(16)19(14)15;/h1,4-5,7-12H,2-3,6H2,(H,21,22);. The maximum atomic E-state index is 10.7. The fraction of sp³-hybridized carbons (Fsp3) is 0.150. The molecule has 0 atom stereocenters. The predicted octanol–water partition coefficient (Wildman–Crippen LogP) is 4.99. The van der Waals surface area contributed by atoms with Gasteiger partial charge in [0.15, 0.2) is 0 Å². The molecule has 1 N–H and O–H groups in total. The van der Waals surface area contributed by atoms with Crippen molar-refractivity contribution >= 4 is 38.3 Å². The first-order valence-electron chi connectivity index (χ1n) is 7.61. The van der Waals surface area contributed by atoms with Crippen molar-refractivity contribution in [2.75, 3.05) is 0 Å². The van der Waals surface area contributed by atoms with E-state index in [-0.39, 0.29) is 23.8 Å². The van der Waals surface area contributed by atoms with Gasteiger partial charge in [-0.3, -0.25) is 4.79 Å². The van der Waals surface area contributed by atoms with Crippen LogP contribution in [0.15, 0.2) is 54.6 Å². The third-order valence-corrected chi connectivity index (χ3v) is 4.46. The van der Waals surface area contributed by atoms with E-state index in [2.05, 4.69) is 54.6 Å². The van der Waals surface area contributed by atoms with Crippen LogP contribution in [-0.4, -0.2) is 11.1 Å². The molecular weight excluding hydrogens is 324 g/mol. The first-order chi connectivity index (χ1) is 10.7. The van der Waals surface area contributed by atoms with Gasteiger partial charge in [0, 0.05) is 23.8 Å². The summed E-state index contributed by atoms with van der Waals surface area (Å²) >= 11 is 0. The minimum atomic E-state index is -0.724. The molecule has 0 saturated carbocycles. The van der Waals surface area contributed by atoms with Crippen LogP contribution in [0.4, 0.5) is 0 Å². The maximum Gasteiger partial charge on any atom is 0.303 e. The summed E-state index contributed by atoms with van der Waals surface area (Å²) in [6.07, 6.45) is 1.71. The number of hydrogen-bond acceptors (Lipinski definition) is 1. The van der Waals surface area contributed by atoms with E-state index in [0.717, 1.165) is 6.42 Å². The second kappa shape index (κ2) is 6.20. The third-order valence-electron chi connectivity index (χ3n) is 4.46. The van der Waals surface area contributed by atoms with Gasteiger partial charge >= 0.3 is 5.97 Å². The Balaban J connectivity index is 0.00000156. The van der Waals surface area contributed by atoms with Crippen LogP contribution in [0, 0.1) is 0 Å². The molecule has 4 aromatic carbocycles. The SMILES string of the molecule is O=C(O)CCCc1ccc2ccc3cccc4ccc1c2c34.[Cr]. The summed E-state index contributed by atoms with van der Waals surface area (Å²) < 4.78 is 0. The summed E-state index contributed by atoms with van der Waals surface area (Å²) in [7, 11) is 0. The quantitative estimate of drug-likeness (QED) is 0.532. The summed E-state index contributed by atoms with van der Waals surface area (Å²) in [6.45, 7) is 0. The number of carbonyl (C=O) groups is 1. The average molecular weight is 340 g/mol. The Hall–Kier alpha value is -2.08. The molecule has 0 heterocycles. The van der Waals surface area contributed by atoms with Gasteiger partial charge in [-0.25, -0.2) is 0 Å². The molecule has 0 bridgehead atoms. The Kier molecular flexibility index (Phi) is 4.26. The molecule has 4 rings (SSSR count). The molecule has 0 aliphatic rings. The van der Waals surface area contributed by atoms with Crippen molar-refractivity contribution in [2.24, 2.45) is 0 Å². The summed E-state index contributed by atoms with van der Waals surface area (Å²) in [5, 5.41) is 16.5. The van der Waals surface area contributed by atoms with Crippen LogP contribution in [0.2, 0.25) is 0 Å². The van der Waals surface area contributed by atoms with Gasteiger partial charge in [0.25, 0.3) is 0 Å². The van der Waals surface area contributed by atoms with Crippen LogP contribution in [-0.2, 0) is 28.6 Å².